The molecule has 0 bridgehead atoms. The number of rotatable bonds is 3. The molecule has 1 N–H and O–H groups in total. The lowest BCUT2D eigenvalue weighted by molar-refractivity contribution is 0.495. The maximum atomic E-state index is 5.53. The van der Waals surface area contributed by atoms with Crippen molar-refractivity contribution in [3.63, 3.8) is 0 Å². The van der Waals surface area contributed by atoms with Gasteiger partial charge in [0, 0.05) is 5.54 Å². The van der Waals surface area contributed by atoms with Crippen molar-refractivity contribution in [2.24, 2.45) is 0 Å². The zero-order chi connectivity index (χ0) is 12.3. The van der Waals surface area contributed by atoms with E-state index in [2.05, 4.69) is 15.5 Å². The molecule has 0 aliphatic heterocycles. The normalized spacial score (nSPS) is 11.5. The SMILES string of the molecule is CC(C)(C)Nc1nnc(Cc2ccccc2)o1. The molecule has 1 aromatic heterocycles. The third-order valence-corrected chi connectivity index (χ3v) is 2.15. The van der Waals surface area contributed by atoms with Crippen LogP contribution in [0.15, 0.2) is 34.7 Å². The Balaban J connectivity index is 2.04. The maximum absolute atomic E-state index is 5.53. The molecule has 0 radical (unpaired) electrons. The summed E-state index contributed by atoms with van der Waals surface area (Å²) in [5, 5.41) is 11.1. The summed E-state index contributed by atoms with van der Waals surface area (Å²) >= 11 is 0. The first-order chi connectivity index (χ1) is 8.03. The van der Waals surface area contributed by atoms with Crippen molar-refractivity contribution in [3.05, 3.63) is 41.8 Å². The topological polar surface area (TPSA) is 51.0 Å². The van der Waals surface area contributed by atoms with Gasteiger partial charge >= 0.3 is 6.01 Å². The van der Waals surface area contributed by atoms with E-state index in [0.717, 1.165) is 0 Å². The Morgan fingerprint density at radius 2 is 1.82 bits per heavy atom. The summed E-state index contributed by atoms with van der Waals surface area (Å²) in [7, 11) is 0. The van der Waals surface area contributed by atoms with Crippen molar-refractivity contribution in [2.45, 2.75) is 32.7 Å². The highest BCUT2D eigenvalue weighted by molar-refractivity contribution is 5.23. The van der Waals surface area contributed by atoms with E-state index < -0.39 is 0 Å². The molecule has 0 aliphatic carbocycles. The molecule has 0 unspecified atom stereocenters. The lowest BCUT2D eigenvalue weighted by Crippen LogP contribution is -2.26. The lowest BCUT2D eigenvalue weighted by Gasteiger charge is -2.17. The molecule has 0 saturated heterocycles. The zero-order valence-electron chi connectivity index (χ0n) is 10.4. The zero-order valence-corrected chi connectivity index (χ0v) is 10.4. The van der Waals surface area contributed by atoms with Crippen molar-refractivity contribution in [2.75, 3.05) is 5.32 Å². The second-order valence-corrected chi connectivity index (χ2v) is 5.04. The van der Waals surface area contributed by atoms with E-state index in [1.165, 1.54) is 5.56 Å². The average molecular weight is 231 g/mol. The fraction of sp³-hybridized carbons (Fsp3) is 0.385. The number of anilines is 1. The molecular formula is C13H17N3O. The second-order valence-electron chi connectivity index (χ2n) is 5.04. The Bertz CT molecular complexity index is 471. The Morgan fingerprint density at radius 3 is 2.47 bits per heavy atom. The summed E-state index contributed by atoms with van der Waals surface area (Å²) in [6.07, 6.45) is 0.666. The fourth-order valence-electron chi connectivity index (χ4n) is 1.47. The van der Waals surface area contributed by atoms with Gasteiger partial charge < -0.3 is 9.73 Å². The van der Waals surface area contributed by atoms with Gasteiger partial charge in [0.05, 0.1) is 6.42 Å². The molecule has 2 aromatic rings. The molecule has 0 spiro atoms. The predicted octanol–water partition coefficient (Wildman–Crippen LogP) is 2.87. The van der Waals surface area contributed by atoms with E-state index in [-0.39, 0.29) is 5.54 Å². The van der Waals surface area contributed by atoms with E-state index in [1.807, 2.05) is 51.1 Å². The largest absolute Gasteiger partial charge is 0.408 e. The van der Waals surface area contributed by atoms with Crippen LogP contribution in [0.4, 0.5) is 6.01 Å². The Hall–Kier alpha value is -1.84. The van der Waals surface area contributed by atoms with Crippen LogP contribution in [0.3, 0.4) is 0 Å². The molecule has 0 fully saturated rings. The first kappa shape index (κ1) is 11.6. The van der Waals surface area contributed by atoms with Crippen LogP contribution in [0.1, 0.15) is 32.2 Å². The van der Waals surface area contributed by atoms with Crippen molar-refractivity contribution < 1.29 is 4.42 Å². The monoisotopic (exact) mass is 231 g/mol. The van der Waals surface area contributed by atoms with Crippen LogP contribution in [0.2, 0.25) is 0 Å². The summed E-state index contributed by atoms with van der Waals surface area (Å²) in [6.45, 7) is 6.15. The Kier molecular flexibility index (Phi) is 3.13. The van der Waals surface area contributed by atoms with E-state index in [0.29, 0.717) is 18.3 Å². The molecule has 1 heterocycles. The van der Waals surface area contributed by atoms with Crippen LogP contribution in [0.25, 0.3) is 0 Å². The molecule has 0 saturated carbocycles. The minimum Gasteiger partial charge on any atom is -0.408 e. The van der Waals surface area contributed by atoms with Crippen LogP contribution >= 0.6 is 0 Å². The van der Waals surface area contributed by atoms with Crippen molar-refractivity contribution in [3.8, 4) is 0 Å². The first-order valence-corrected chi connectivity index (χ1v) is 5.67. The number of hydrogen-bond donors (Lipinski definition) is 1. The molecule has 0 amide bonds. The Labute approximate surface area is 101 Å². The number of hydrogen-bond acceptors (Lipinski definition) is 4. The molecule has 0 atom stereocenters. The fourth-order valence-corrected chi connectivity index (χ4v) is 1.47. The molecular weight excluding hydrogens is 214 g/mol. The van der Waals surface area contributed by atoms with Crippen LogP contribution < -0.4 is 5.32 Å². The summed E-state index contributed by atoms with van der Waals surface area (Å²) in [6, 6.07) is 10.6. The van der Waals surface area contributed by atoms with Crippen LogP contribution in [0.5, 0.6) is 0 Å². The van der Waals surface area contributed by atoms with Crippen molar-refractivity contribution >= 4 is 6.01 Å². The van der Waals surface area contributed by atoms with Gasteiger partial charge in [-0.3, -0.25) is 0 Å². The highest BCUT2D eigenvalue weighted by Crippen LogP contribution is 2.14. The summed E-state index contributed by atoms with van der Waals surface area (Å²) < 4.78 is 5.53. The van der Waals surface area contributed by atoms with Gasteiger partial charge in [-0.25, -0.2) is 0 Å². The standard InChI is InChI=1S/C13H17N3O/c1-13(2,3)14-12-16-15-11(17-12)9-10-7-5-4-6-8-10/h4-8H,9H2,1-3H3,(H,14,16). The van der Waals surface area contributed by atoms with Gasteiger partial charge in [-0.05, 0) is 26.3 Å². The van der Waals surface area contributed by atoms with Crippen molar-refractivity contribution in [1.29, 1.82) is 0 Å². The predicted molar refractivity (Wildman–Crippen MR) is 66.9 cm³/mol. The van der Waals surface area contributed by atoms with Gasteiger partial charge in [0.1, 0.15) is 0 Å². The van der Waals surface area contributed by atoms with Gasteiger partial charge in [0.2, 0.25) is 5.89 Å². The molecule has 1 aromatic carbocycles. The van der Waals surface area contributed by atoms with Crippen LogP contribution in [-0.2, 0) is 6.42 Å². The van der Waals surface area contributed by atoms with E-state index >= 15 is 0 Å². The number of benzene rings is 1. The molecule has 4 heteroatoms. The smallest absolute Gasteiger partial charge is 0.315 e. The Morgan fingerprint density at radius 1 is 1.12 bits per heavy atom. The molecule has 4 nitrogen and oxygen atoms in total. The molecule has 17 heavy (non-hydrogen) atoms. The third-order valence-electron chi connectivity index (χ3n) is 2.15. The van der Waals surface area contributed by atoms with Crippen LogP contribution in [0, 0.1) is 0 Å². The van der Waals surface area contributed by atoms with E-state index in [4.69, 9.17) is 4.42 Å². The minimum atomic E-state index is -0.0729. The first-order valence-electron chi connectivity index (χ1n) is 5.67. The molecule has 90 valence electrons. The lowest BCUT2D eigenvalue weighted by atomic mass is 10.1. The number of nitrogens with zero attached hydrogens (tertiary/aromatic N) is 2. The number of aromatic nitrogens is 2. The third kappa shape index (κ3) is 3.59. The second kappa shape index (κ2) is 4.57. The van der Waals surface area contributed by atoms with Crippen LogP contribution in [-0.4, -0.2) is 15.7 Å². The molecule has 0 aliphatic rings. The highest BCUT2D eigenvalue weighted by Gasteiger charge is 2.14. The summed E-state index contributed by atoms with van der Waals surface area (Å²) in [5.41, 5.74) is 1.09. The van der Waals surface area contributed by atoms with Gasteiger partial charge in [-0.1, -0.05) is 35.4 Å². The summed E-state index contributed by atoms with van der Waals surface area (Å²) in [4.78, 5) is 0. The molecule has 2 rings (SSSR count). The van der Waals surface area contributed by atoms with Gasteiger partial charge in [0.25, 0.3) is 0 Å². The quantitative estimate of drug-likeness (QED) is 0.882. The average Bonchev–Trinajstić information content (AvgIpc) is 2.64. The summed E-state index contributed by atoms with van der Waals surface area (Å²) in [5.74, 6) is 0.628. The minimum absolute atomic E-state index is 0.0729. The van der Waals surface area contributed by atoms with Gasteiger partial charge in [-0.15, -0.1) is 5.10 Å². The maximum Gasteiger partial charge on any atom is 0.315 e. The van der Waals surface area contributed by atoms with Crippen molar-refractivity contribution in [1.82, 2.24) is 10.2 Å². The van der Waals surface area contributed by atoms with E-state index in [1.54, 1.807) is 0 Å². The van der Waals surface area contributed by atoms with Gasteiger partial charge in [-0.2, -0.15) is 0 Å². The van der Waals surface area contributed by atoms with Gasteiger partial charge in [0.15, 0.2) is 0 Å². The highest BCUT2D eigenvalue weighted by atomic mass is 16.4. The number of nitrogens with one attached hydrogen (secondary N) is 1. The van der Waals surface area contributed by atoms with E-state index in [9.17, 15) is 0 Å².